The molecule has 1 N–H and O–H groups in total. The van der Waals surface area contributed by atoms with Crippen LogP contribution in [0.3, 0.4) is 0 Å². The molecule has 0 radical (unpaired) electrons. The van der Waals surface area contributed by atoms with Gasteiger partial charge in [0.2, 0.25) is 11.8 Å². The number of nitrogens with zero attached hydrogens (tertiary/aromatic N) is 2. The number of amides is 2. The van der Waals surface area contributed by atoms with Crippen molar-refractivity contribution < 1.29 is 14.7 Å². The molecule has 1 atom stereocenters. The molecule has 0 spiro atoms. The Bertz CT molecular complexity index is 365. The fraction of sp³-hybridized carbons (Fsp3) is 0.875. The van der Waals surface area contributed by atoms with E-state index < -0.39 is 0 Å². The van der Waals surface area contributed by atoms with E-state index in [-0.39, 0.29) is 24.3 Å². The van der Waals surface area contributed by atoms with Gasteiger partial charge in [-0.25, -0.2) is 0 Å². The third-order valence-electron chi connectivity index (χ3n) is 4.77. The van der Waals surface area contributed by atoms with Crippen LogP contribution < -0.4 is 0 Å². The van der Waals surface area contributed by atoms with Crippen LogP contribution in [0.25, 0.3) is 0 Å². The van der Waals surface area contributed by atoms with Crippen LogP contribution in [0.1, 0.15) is 45.4 Å². The van der Waals surface area contributed by atoms with Crippen LogP contribution in [-0.2, 0) is 9.59 Å². The number of hydrogen-bond acceptors (Lipinski definition) is 3. The van der Waals surface area contributed by atoms with E-state index in [9.17, 15) is 9.59 Å². The van der Waals surface area contributed by atoms with Crippen molar-refractivity contribution in [3.8, 4) is 0 Å². The molecule has 0 saturated carbocycles. The Hall–Kier alpha value is -1.10. The van der Waals surface area contributed by atoms with Crippen molar-refractivity contribution in [3.05, 3.63) is 0 Å². The first-order chi connectivity index (χ1) is 10.2. The average Bonchev–Trinajstić information content (AvgIpc) is 2.54. The molecule has 120 valence electrons. The average molecular weight is 296 g/mol. The van der Waals surface area contributed by atoms with Gasteiger partial charge in [-0.15, -0.1) is 0 Å². The molecule has 0 aromatic heterocycles. The third kappa shape index (κ3) is 4.19. The fourth-order valence-corrected chi connectivity index (χ4v) is 3.37. The molecule has 0 bridgehead atoms. The minimum absolute atomic E-state index is 0.0229. The largest absolute Gasteiger partial charge is 0.396 e. The topological polar surface area (TPSA) is 60.9 Å². The summed E-state index contributed by atoms with van der Waals surface area (Å²) < 4.78 is 0. The number of aliphatic hydroxyl groups is 1. The Morgan fingerprint density at radius 3 is 2.43 bits per heavy atom. The van der Waals surface area contributed by atoms with Gasteiger partial charge in [-0.2, -0.15) is 0 Å². The number of carbonyl (C=O) groups is 2. The smallest absolute Gasteiger partial charge is 0.227 e. The first kappa shape index (κ1) is 16.3. The molecule has 5 nitrogen and oxygen atoms in total. The quantitative estimate of drug-likeness (QED) is 0.849. The zero-order chi connectivity index (χ0) is 15.2. The van der Waals surface area contributed by atoms with Gasteiger partial charge in [-0.05, 0) is 38.0 Å². The predicted molar refractivity (Wildman–Crippen MR) is 80.6 cm³/mol. The van der Waals surface area contributed by atoms with Crippen molar-refractivity contribution in [2.24, 2.45) is 11.8 Å². The Balaban J connectivity index is 1.86. The third-order valence-corrected chi connectivity index (χ3v) is 4.77. The van der Waals surface area contributed by atoms with E-state index in [4.69, 9.17) is 5.11 Å². The zero-order valence-electron chi connectivity index (χ0n) is 13.1. The minimum Gasteiger partial charge on any atom is -0.396 e. The molecule has 2 aliphatic rings. The summed E-state index contributed by atoms with van der Waals surface area (Å²) in [4.78, 5) is 28.4. The standard InChI is InChI=1S/C16H28N2O3/c1-2-4-15(20)18-8-3-5-14(11-18)16(21)17-9-6-13(12-19)7-10-17/h13-14,19H,2-12H2,1H3. The molecule has 2 heterocycles. The second-order valence-electron chi connectivity index (χ2n) is 6.38. The highest BCUT2D eigenvalue weighted by Crippen LogP contribution is 2.23. The maximum absolute atomic E-state index is 12.6. The van der Waals surface area contributed by atoms with Gasteiger partial charge in [-0.1, -0.05) is 6.92 Å². The lowest BCUT2D eigenvalue weighted by atomic mass is 9.93. The van der Waals surface area contributed by atoms with E-state index in [1.165, 1.54) is 0 Å². The molecule has 2 rings (SSSR count). The second-order valence-corrected chi connectivity index (χ2v) is 6.38. The molecule has 21 heavy (non-hydrogen) atoms. The van der Waals surface area contributed by atoms with Gasteiger partial charge >= 0.3 is 0 Å². The Morgan fingerprint density at radius 2 is 1.81 bits per heavy atom. The van der Waals surface area contributed by atoms with Gasteiger partial charge in [0.25, 0.3) is 0 Å². The molecule has 2 saturated heterocycles. The molecular formula is C16H28N2O3. The highest BCUT2D eigenvalue weighted by Gasteiger charge is 2.32. The van der Waals surface area contributed by atoms with Gasteiger partial charge in [0, 0.05) is 39.2 Å². The summed E-state index contributed by atoms with van der Waals surface area (Å²) in [7, 11) is 0. The van der Waals surface area contributed by atoms with Crippen LogP contribution in [0.5, 0.6) is 0 Å². The van der Waals surface area contributed by atoms with Crippen LogP contribution >= 0.6 is 0 Å². The summed E-state index contributed by atoms with van der Waals surface area (Å²) in [6, 6.07) is 0. The van der Waals surface area contributed by atoms with Gasteiger partial charge in [0.05, 0.1) is 5.92 Å². The SMILES string of the molecule is CCCC(=O)N1CCCC(C(=O)N2CCC(CO)CC2)C1. The summed E-state index contributed by atoms with van der Waals surface area (Å²) in [6.45, 7) is 5.14. The number of rotatable bonds is 4. The maximum Gasteiger partial charge on any atom is 0.227 e. The number of aliphatic hydroxyl groups excluding tert-OH is 1. The van der Waals surface area contributed by atoms with Crippen LogP contribution in [0.4, 0.5) is 0 Å². The normalized spacial score (nSPS) is 24.2. The van der Waals surface area contributed by atoms with Crippen molar-refractivity contribution in [1.82, 2.24) is 9.80 Å². The Labute approximate surface area is 127 Å². The minimum atomic E-state index is -0.0229. The number of piperidine rings is 2. The Kier molecular flexibility index (Phi) is 6.03. The molecule has 2 amide bonds. The molecule has 1 unspecified atom stereocenters. The summed E-state index contributed by atoms with van der Waals surface area (Å²) in [5.74, 6) is 0.725. The van der Waals surface area contributed by atoms with Crippen LogP contribution in [-0.4, -0.2) is 59.5 Å². The monoisotopic (exact) mass is 296 g/mol. The first-order valence-corrected chi connectivity index (χ1v) is 8.33. The summed E-state index contributed by atoms with van der Waals surface area (Å²) in [5, 5.41) is 9.16. The number of hydrogen-bond donors (Lipinski definition) is 1. The summed E-state index contributed by atoms with van der Waals surface area (Å²) in [6.07, 6.45) is 5.07. The van der Waals surface area contributed by atoms with E-state index in [0.717, 1.165) is 51.7 Å². The van der Waals surface area contributed by atoms with Gasteiger partial charge in [0.1, 0.15) is 0 Å². The number of likely N-dealkylation sites (tertiary alicyclic amines) is 2. The lowest BCUT2D eigenvalue weighted by Gasteiger charge is -2.37. The molecule has 2 fully saturated rings. The lowest BCUT2D eigenvalue weighted by molar-refractivity contribution is -0.142. The second kappa shape index (κ2) is 7.78. The molecule has 0 aromatic rings. The molecule has 5 heteroatoms. The van der Waals surface area contributed by atoms with Crippen molar-refractivity contribution in [2.45, 2.75) is 45.4 Å². The molecule has 0 aromatic carbocycles. The van der Waals surface area contributed by atoms with E-state index in [1.807, 2.05) is 16.7 Å². The first-order valence-electron chi connectivity index (χ1n) is 8.33. The van der Waals surface area contributed by atoms with Crippen LogP contribution in [0.2, 0.25) is 0 Å². The molecular weight excluding hydrogens is 268 g/mol. The fourth-order valence-electron chi connectivity index (χ4n) is 3.37. The van der Waals surface area contributed by atoms with E-state index in [2.05, 4.69) is 0 Å². The Morgan fingerprint density at radius 1 is 1.10 bits per heavy atom. The highest BCUT2D eigenvalue weighted by molar-refractivity contribution is 5.81. The van der Waals surface area contributed by atoms with Crippen molar-refractivity contribution >= 4 is 11.8 Å². The van der Waals surface area contributed by atoms with Gasteiger partial charge in [0.15, 0.2) is 0 Å². The number of carbonyl (C=O) groups excluding carboxylic acids is 2. The van der Waals surface area contributed by atoms with E-state index >= 15 is 0 Å². The van der Waals surface area contributed by atoms with E-state index in [0.29, 0.717) is 18.9 Å². The lowest BCUT2D eigenvalue weighted by Crippen LogP contribution is -2.48. The molecule has 0 aliphatic carbocycles. The van der Waals surface area contributed by atoms with Crippen LogP contribution in [0.15, 0.2) is 0 Å². The molecule has 2 aliphatic heterocycles. The summed E-state index contributed by atoms with van der Waals surface area (Å²) >= 11 is 0. The van der Waals surface area contributed by atoms with Crippen molar-refractivity contribution in [2.75, 3.05) is 32.8 Å². The zero-order valence-corrected chi connectivity index (χ0v) is 13.1. The van der Waals surface area contributed by atoms with Crippen molar-refractivity contribution in [1.29, 1.82) is 0 Å². The van der Waals surface area contributed by atoms with Gasteiger partial charge in [-0.3, -0.25) is 9.59 Å². The predicted octanol–water partition coefficient (Wildman–Crippen LogP) is 1.26. The van der Waals surface area contributed by atoms with Gasteiger partial charge < -0.3 is 14.9 Å². The van der Waals surface area contributed by atoms with Crippen LogP contribution in [0, 0.1) is 11.8 Å². The summed E-state index contributed by atoms with van der Waals surface area (Å²) in [5.41, 5.74) is 0. The highest BCUT2D eigenvalue weighted by atomic mass is 16.3. The maximum atomic E-state index is 12.6. The van der Waals surface area contributed by atoms with E-state index in [1.54, 1.807) is 0 Å². The van der Waals surface area contributed by atoms with Crippen molar-refractivity contribution in [3.63, 3.8) is 0 Å².